The van der Waals surface area contributed by atoms with Crippen LogP contribution in [0.5, 0.6) is 0 Å². The molecule has 1 amide bonds. The maximum atomic E-state index is 12.5. The van der Waals surface area contributed by atoms with Crippen molar-refractivity contribution in [2.75, 3.05) is 18.9 Å². The van der Waals surface area contributed by atoms with E-state index >= 15 is 0 Å². The molecule has 2 fully saturated rings. The Kier molecular flexibility index (Phi) is 10.5. The number of aliphatic hydroxyl groups excluding tert-OH is 3. The highest BCUT2D eigenvalue weighted by Crippen LogP contribution is 2.58. The average Bonchev–Trinajstić information content (AvgIpc) is 3.64. The first kappa shape index (κ1) is 36.4. The normalized spacial score (nSPS) is 30.3. The fraction of sp³-hybridized carbons (Fsp3) is 0.476. The molecule has 27 heteroatoms. The fourth-order valence-corrected chi connectivity index (χ4v) is 7.42. The molecular weight excluding hydrogens is 725 g/mol. The maximum Gasteiger partial charge on any atom is 0.478 e. The van der Waals surface area contributed by atoms with E-state index in [4.69, 9.17) is 20.9 Å². The number of phosphoric ester groups is 3. The zero-order valence-corrected chi connectivity index (χ0v) is 26.6. The Labute approximate surface area is 267 Å². The van der Waals surface area contributed by atoms with E-state index < -0.39 is 91.7 Å². The van der Waals surface area contributed by atoms with Crippen LogP contribution >= 0.6 is 23.5 Å². The Hall–Kier alpha value is -2.86. The summed E-state index contributed by atoms with van der Waals surface area (Å²) in [5.74, 6) is -0.862. The molecule has 0 aromatic carbocycles. The number of fused-ring (bicyclic) bond motifs is 1. The van der Waals surface area contributed by atoms with Gasteiger partial charge in [-0.15, -0.1) is 0 Å². The molecule has 24 nitrogen and oxygen atoms in total. The molecule has 5 rings (SSSR count). The monoisotopic (exact) mass is 753 g/mol. The lowest BCUT2D eigenvalue weighted by Gasteiger charge is -2.26. The van der Waals surface area contributed by atoms with Crippen molar-refractivity contribution in [3.63, 3.8) is 0 Å². The van der Waals surface area contributed by atoms with Gasteiger partial charge in [-0.05, 0) is 6.07 Å². The van der Waals surface area contributed by atoms with E-state index in [9.17, 15) is 53.4 Å². The second-order valence-corrected chi connectivity index (χ2v) is 14.4. The van der Waals surface area contributed by atoms with Crippen LogP contribution in [-0.4, -0.2) is 105 Å². The first-order valence-electron chi connectivity index (χ1n) is 13.3. The molecule has 2 saturated heterocycles. The smallest absolute Gasteiger partial charge is 0.478 e. The number of primary amides is 1. The van der Waals surface area contributed by atoms with Crippen molar-refractivity contribution in [3.8, 4) is 0 Å². The van der Waals surface area contributed by atoms with E-state index in [0.29, 0.717) is 0 Å². The molecule has 0 saturated carbocycles. The number of carbonyl (C=O) groups is 1. The highest BCUT2D eigenvalue weighted by molar-refractivity contribution is 7.60. The largest absolute Gasteiger partial charge is 0.756 e. The highest BCUT2D eigenvalue weighted by atomic mass is 31.3. The van der Waals surface area contributed by atoms with Crippen LogP contribution in [0.2, 0.25) is 0 Å². The van der Waals surface area contributed by atoms with Gasteiger partial charge in [0, 0.05) is 6.07 Å². The number of nitrogen functional groups attached to an aromatic ring is 1. The summed E-state index contributed by atoms with van der Waals surface area (Å²) in [5.41, 5.74) is 11.1. The van der Waals surface area contributed by atoms with Gasteiger partial charge in [0.1, 0.15) is 47.9 Å². The van der Waals surface area contributed by atoms with Gasteiger partial charge in [0.05, 0.1) is 19.5 Å². The number of pyridine rings is 1. The molecule has 48 heavy (non-hydrogen) atoms. The number of aromatic nitrogens is 5. The predicted octanol–water partition coefficient (Wildman–Crippen LogP) is -3.53. The van der Waals surface area contributed by atoms with Crippen LogP contribution in [0.3, 0.4) is 0 Å². The molecule has 2 aliphatic heterocycles. The van der Waals surface area contributed by atoms with Crippen molar-refractivity contribution in [2.24, 2.45) is 5.73 Å². The number of anilines is 1. The van der Waals surface area contributed by atoms with Crippen LogP contribution in [0.25, 0.3) is 11.2 Å². The molecule has 0 spiro atoms. The van der Waals surface area contributed by atoms with Crippen molar-refractivity contribution in [1.82, 2.24) is 19.5 Å². The zero-order chi connectivity index (χ0) is 35.2. The van der Waals surface area contributed by atoms with Gasteiger partial charge < -0.3 is 60.4 Å². The van der Waals surface area contributed by atoms with Crippen molar-refractivity contribution in [3.05, 3.63) is 42.7 Å². The van der Waals surface area contributed by atoms with Crippen LogP contribution in [0.4, 0.5) is 5.82 Å². The summed E-state index contributed by atoms with van der Waals surface area (Å²) >= 11 is 0. The summed E-state index contributed by atoms with van der Waals surface area (Å²) in [6.07, 6.45) is -8.59. The van der Waals surface area contributed by atoms with Gasteiger partial charge >= 0.3 is 15.6 Å². The number of imidazole rings is 1. The van der Waals surface area contributed by atoms with Gasteiger partial charge in [0.2, 0.25) is 0 Å². The molecule has 3 aromatic rings. The van der Waals surface area contributed by atoms with Gasteiger partial charge in [-0.25, -0.2) is 28.4 Å². The Balaban J connectivity index is 1.21. The topological polar surface area (TPSA) is 368 Å². The molecule has 2 aliphatic rings. The number of nitrogens with zero attached hydrogens (tertiary/aromatic N) is 5. The van der Waals surface area contributed by atoms with Gasteiger partial charge in [-0.2, -0.15) is 4.57 Å². The summed E-state index contributed by atoms with van der Waals surface area (Å²) in [4.78, 5) is 64.4. The van der Waals surface area contributed by atoms with E-state index in [2.05, 4.69) is 32.8 Å². The van der Waals surface area contributed by atoms with Gasteiger partial charge in [0.15, 0.2) is 36.2 Å². The van der Waals surface area contributed by atoms with Crippen LogP contribution in [0.1, 0.15) is 22.8 Å². The Bertz CT molecular complexity index is 1810. The Morgan fingerprint density at radius 2 is 1.71 bits per heavy atom. The standard InChI is InChI=1S/C21H28N7O17P3/c22-17-12-19(25-7-24-17)28(8-26-12)21-16(44-46(33,34)35)14(30)11(43-21)6-41-48(38,39)45-47(36,37)40-5-10-13(29)15(31)20(42-10)27-3-1-2-9(4-27)18(23)32/h1-4,7-8,10-11,13-16,20-21,29-31H,5-6H2,(H7-,22,23,24,25,32,33,34,35,36,37,38,39)/t10-,11?,13-,14?,15-,16?,20-,21?/m1/s1/i6+1,7+1,8+1,11+1,12+1,14+1,16+1,17+1,19+1,21+1. The van der Waals surface area contributed by atoms with E-state index in [0.717, 1.165) is 17.2 Å². The minimum absolute atomic E-state index is 0.00541. The lowest BCUT2D eigenvalue weighted by atomic mass is 10.1. The number of carbonyl (C=O) groups excluding carboxylic acids is 1. The number of phosphoric acid groups is 3. The SMILES string of the molecule is NC(=O)c1ccc[n+]([C@@H]2O[C@H](COP(=O)([O-])OP(=O)(O)O[13CH2][13CH]3O[13CH](n4[13cH]n[13c]5[13c](N)n[13cH]n[13c]54)[13CH](OP(=O)(O)O)[13CH]3O)[C@@H](O)[C@H]2O)c1. The molecule has 5 heterocycles. The van der Waals surface area contributed by atoms with E-state index in [-0.39, 0.29) is 22.5 Å². The van der Waals surface area contributed by atoms with Crippen LogP contribution in [0, 0.1) is 0 Å². The third-order valence-corrected chi connectivity index (χ3v) is 10.1. The van der Waals surface area contributed by atoms with Gasteiger partial charge in [-0.1, -0.05) is 0 Å². The maximum absolute atomic E-state index is 12.5. The number of rotatable bonds is 13. The van der Waals surface area contributed by atoms with Crippen molar-refractivity contribution >= 4 is 46.4 Å². The molecular formula is C21H28N7O17P3. The summed E-state index contributed by atoms with van der Waals surface area (Å²) in [6.45, 7) is -2.12. The summed E-state index contributed by atoms with van der Waals surface area (Å²) < 4.78 is 67.9. The second kappa shape index (κ2) is 13.8. The second-order valence-electron chi connectivity index (χ2n) is 10.2. The number of aliphatic hydroxyl groups is 3. The van der Waals surface area contributed by atoms with Gasteiger partial charge in [-0.3, -0.25) is 23.0 Å². The van der Waals surface area contributed by atoms with E-state index in [1.807, 2.05) is 0 Å². The van der Waals surface area contributed by atoms with E-state index in [1.165, 1.54) is 29.1 Å². The summed E-state index contributed by atoms with van der Waals surface area (Å²) in [6, 6.07) is 2.77. The van der Waals surface area contributed by atoms with Crippen LogP contribution < -0.4 is 20.9 Å². The summed E-state index contributed by atoms with van der Waals surface area (Å²) in [7, 11) is -16.6. The number of hydrogen-bond donors (Lipinski definition) is 8. The van der Waals surface area contributed by atoms with Crippen molar-refractivity contribution < 1.29 is 85.3 Å². The molecule has 0 bridgehead atoms. The average molecular weight is 753 g/mol. The number of hydrogen-bond acceptors (Lipinski definition) is 18. The van der Waals surface area contributed by atoms with Crippen molar-refractivity contribution in [2.45, 2.75) is 49.1 Å². The Morgan fingerprint density at radius 3 is 2.40 bits per heavy atom. The molecule has 0 radical (unpaired) electrons. The lowest BCUT2D eigenvalue weighted by molar-refractivity contribution is -0.765. The zero-order valence-electron chi connectivity index (χ0n) is 23.9. The van der Waals surface area contributed by atoms with Crippen LogP contribution in [0.15, 0.2) is 37.2 Å². The minimum atomic E-state index is -5.72. The minimum Gasteiger partial charge on any atom is -0.756 e. The molecule has 3 aromatic heterocycles. The quantitative estimate of drug-likeness (QED) is 0.0476. The molecule has 0 aliphatic carbocycles. The first-order chi connectivity index (χ1) is 22.4. The first-order valence-corrected chi connectivity index (χ1v) is 17.8. The molecule has 6 unspecified atom stereocenters. The Morgan fingerprint density at radius 1 is 1.02 bits per heavy atom. The molecule has 10 N–H and O–H groups in total. The number of nitrogens with two attached hydrogens (primary N) is 2. The molecule has 10 atom stereocenters. The number of ether oxygens (including phenoxy) is 2. The summed E-state index contributed by atoms with van der Waals surface area (Å²) in [5, 5.41) is 31.5. The molecule has 264 valence electrons. The van der Waals surface area contributed by atoms with Crippen molar-refractivity contribution in [1.29, 1.82) is 0 Å². The predicted molar refractivity (Wildman–Crippen MR) is 148 cm³/mol. The number of amides is 1. The third kappa shape index (κ3) is 8.12. The third-order valence-electron chi connectivity index (χ3n) is 6.97. The van der Waals surface area contributed by atoms with Gasteiger partial charge in [0.25, 0.3) is 20.0 Å². The van der Waals surface area contributed by atoms with E-state index in [1.54, 1.807) is 0 Å². The lowest BCUT2D eigenvalue weighted by Crippen LogP contribution is -2.46. The fourth-order valence-electron chi connectivity index (χ4n) is 4.82. The highest BCUT2D eigenvalue weighted by Gasteiger charge is 2.51. The van der Waals surface area contributed by atoms with Crippen LogP contribution in [-0.2, 0) is 41.1 Å².